The monoisotopic (exact) mass is 702 g/mol. The third-order valence-corrected chi connectivity index (χ3v) is 8.71. The Morgan fingerprint density at radius 2 is 1.02 bits per heavy atom. The maximum atomic E-state index is 12.6. The molecule has 0 spiro atoms. The van der Waals surface area contributed by atoms with Crippen molar-refractivity contribution >= 4 is 45.8 Å². The first-order valence-electron chi connectivity index (χ1n) is 16.5. The van der Waals surface area contributed by atoms with Crippen molar-refractivity contribution in [1.82, 2.24) is 20.6 Å². The summed E-state index contributed by atoms with van der Waals surface area (Å²) in [7, 11) is 2.90. The van der Waals surface area contributed by atoms with Crippen LogP contribution < -0.4 is 20.1 Å². The molecule has 0 aliphatic rings. The number of hydrogen-bond acceptors (Lipinski definition) is 8. The highest BCUT2D eigenvalue weighted by Crippen LogP contribution is 2.46. The number of aromatic hydroxyl groups is 4. The molecule has 8 N–H and O–H groups in total. The number of fused-ring (bicyclic) bond motifs is 2. The van der Waals surface area contributed by atoms with E-state index < -0.39 is 0 Å². The van der Waals surface area contributed by atoms with Gasteiger partial charge in [-0.25, -0.2) is 0 Å². The van der Waals surface area contributed by atoms with E-state index >= 15 is 0 Å². The molecule has 0 aliphatic heterocycles. The Morgan fingerprint density at radius 1 is 0.615 bits per heavy atom. The molecule has 0 saturated heterocycles. The third kappa shape index (κ3) is 7.50. The summed E-state index contributed by atoms with van der Waals surface area (Å²) in [6, 6.07) is 16.2. The van der Waals surface area contributed by atoms with E-state index in [1.165, 1.54) is 38.5 Å². The number of aromatic amines is 2. The van der Waals surface area contributed by atoms with Gasteiger partial charge in [0.15, 0.2) is 23.0 Å². The largest absolute Gasteiger partial charge is 0.507 e. The van der Waals surface area contributed by atoms with E-state index in [9.17, 15) is 30.0 Å². The lowest BCUT2D eigenvalue weighted by molar-refractivity contribution is -0.117. The van der Waals surface area contributed by atoms with Gasteiger partial charge in [0, 0.05) is 70.6 Å². The molecule has 0 bridgehead atoms. The van der Waals surface area contributed by atoms with Crippen LogP contribution in [-0.2, 0) is 22.4 Å². The van der Waals surface area contributed by atoms with Crippen LogP contribution in [0.2, 0.25) is 0 Å². The Kier molecular flexibility index (Phi) is 10.4. The molecule has 266 valence electrons. The number of phenolic OH excluding ortho intramolecular Hbond substituents is 4. The lowest BCUT2D eigenvalue weighted by Gasteiger charge is -2.14. The number of carbonyl (C=O) groups excluding carboxylic acids is 2. The van der Waals surface area contributed by atoms with Gasteiger partial charge >= 0.3 is 0 Å². The predicted molar refractivity (Wildman–Crippen MR) is 200 cm³/mol. The van der Waals surface area contributed by atoms with Crippen LogP contribution in [0, 0.1) is 0 Å². The van der Waals surface area contributed by atoms with Gasteiger partial charge in [0.05, 0.1) is 14.2 Å². The smallest absolute Gasteiger partial charge is 0.244 e. The highest BCUT2D eigenvalue weighted by molar-refractivity contribution is 6.10. The number of nitrogens with one attached hydrogen (secondary N) is 4. The summed E-state index contributed by atoms with van der Waals surface area (Å²) < 4.78 is 10.2. The molecule has 0 saturated carbocycles. The number of benzene rings is 4. The number of phenols is 4. The van der Waals surface area contributed by atoms with Gasteiger partial charge in [0.2, 0.25) is 11.8 Å². The average molecular weight is 703 g/mol. The van der Waals surface area contributed by atoms with E-state index in [1.54, 1.807) is 60.7 Å². The van der Waals surface area contributed by atoms with Crippen molar-refractivity contribution in [3.05, 3.63) is 107 Å². The van der Waals surface area contributed by atoms with Crippen molar-refractivity contribution in [3.63, 3.8) is 0 Å². The van der Waals surface area contributed by atoms with Crippen molar-refractivity contribution in [2.45, 2.75) is 12.8 Å². The Balaban J connectivity index is 1.19. The van der Waals surface area contributed by atoms with Crippen LogP contribution in [-0.4, -0.2) is 69.5 Å². The minimum Gasteiger partial charge on any atom is -0.507 e. The van der Waals surface area contributed by atoms with Gasteiger partial charge in [-0.3, -0.25) is 9.59 Å². The van der Waals surface area contributed by atoms with Crippen LogP contribution in [0.1, 0.15) is 22.3 Å². The van der Waals surface area contributed by atoms with Crippen LogP contribution in [0.5, 0.6) is 34.5 Å². The van der Waals surface area contributed by atoms with Crippen LogP contribution >= 0.6 is 0 Å². The maximum absolute atomic E-state index is 12.6. The minimum atomic E-state index is -0.308. The fraction of sp³-hybridized carbons (Fsp3) is 0.150. The van der Waals surface area contributed by atoms with Gasteiger partial charge in [-0.2, -0.15) is 0 Å². The quantitative estimate of drug-likeness (QED) is 0.0683. The Hall–Kier alpha value is -6.82. The highest BCUT2D eigenvalue weighted by atomic mass is 16.5. The Bertz CT molecular complexity index is 2170. The number of aromatic nitrogens is 2. The van der Waals surface area contributed by atoms with Crippen LogP contribution in [0.25, 0.3) is 45.1 Å². The molecular weight excluding hydrogens is 664 g/mol. The number of amides is 2. The number of H-pyrrole nitrogens is 2. The Labute approximate surface area is 298 Å². The first-order valence-corrected chi connectivity index (χ1v) is 16.5. The van der Waals surface area contributed by atoms with Crippen molar-refractivity contribution in [2.24, 2.45) is 0 Å². The zero-order valence-electron chi connectivity index (χ0n) is 28.5. The van der Waals surface area contributed by atoms with Crippen molar-refractivity contribution in [3.8, 4) is 45.6 Å². The van der Waals surface area contributed by atoms with Crippen molar-refractivity contribution < 1.29 is 39.5 Å². The summed E-state index contributed by atoms with van der Waals surface area (Å²) >= 11 is 0. The van der Waals surface area contributed by atoms with E-state index in [1.807, 2.05) is 12.4 Å². The molecule has 52 heavy (non-hydrogen) atoms. The van der Waals surface area contributed by atoms with Crippen LogP contribution in [0.3, 0.4) is 0 Å². The zero-order chi connectivity index (χ0) is 36.8. The van der Waals surface area contributed by atoms with Crippen LogP contribution in [0.15, 0.2) is 85.2 Å². The predicted octanol–water partition coefficient (Wildman–Crippen LogP) is 5.90. The first-order chi connectivity index (χ1) is 25.2. The summed E-state index contributed by atoms with van der Waals surface area (Å²) in [5.41, 5.74) is 5.40. The third-order valence-electron chi connectivity index (χ3n) is 8.71. The topological polar surface area (TPSA) is 189 Å². The molecule has 0 radical (unpaired) electrons. The van der Waals surface area contributed by atoms with Gasteiger partial charge in [0.1, 0.15) is 11.5 Å². The minimum absolute atomic E-state index is 0.00750. The Morgan fingerprint density at radius 3 is 1.42 bits per heavy atom. The molecule has 2 heterocycles. The number of hydrogen-bond donors (Lipinski definition) is 8. The van der Waals surface area contributed by atoms with Gasteiger partial charge in [-0.1, -0.05) is 12.1 Å². The van der Waals surface area contributed by atoms with E-state index in [4.69, 9.17) is 9.47 Å². The summed E-state index contributed by atoms with van der Waals surface area (Å²) in [5, 5.41) is 49.4. The average Bonchev–Trinajstić information content (AvgIpc) is 3.75. The van der Waals surface area contributed by atoms with Gasteiger partial charge in [0.25, 0.3) is 0 Å². The highest BCUT2D eigenvalue weighted by Gasteiger charge is 2.22. The molecule has 0 unspecified atom stereocenters. The second kappa shape index (κ2) is 15.4. The van der Waals surface area contributed by atoms with Crippen molar-refractivity contribution in [1.29, 1.82) is 0 Å². The van der Waals surface area contributed by atoms with Gasteiger partial charge in [-0.05, 0) is 95.8 Å². The second-order valence-corrected chi connectivity index (χ2v) is 12.0. The SMILES string of the molecule is COc1cc(/C=C/C(=O)NCCc2c[nH]c3ccc(O)c(-c4c(O)ccc5[nH]cc(CCNC(=O)/C=C/c6ccc(O)c(OC)c6)c45)c23)ccc1O. The van der Waals surface area contributed by atoms with Gasteiger partial charge in [-0.15, -0.1) is 0 Å². The number of rotatable bonds is 13. The lowest BCUT2D eigenvalue weighted by Crippen LogP contribution is -2.23. The standard InChI is InChI=1S/C40H38N4O8/c1-51-33-19-23(3-9-29(33)45)5-13-35(49)41-17-15-25-21-43-27-7-11-31(47)39(37(25)27)40-32(48)12-8-28-38(40)26(22-44-28)16-18-42-36(50)14-6-24-4-10-30(46)34(20-24)52-2/h3-14,19-22,43-48H,15-18H2,1-2H3,(H,41,49)(H,42,50)/b13-5+,14-6+. The normalized spacial score (nSPS) is 11.5. The molecule has 12 heteroatoms. The fourth-order valence-electron chi connectivity index (χ4n) is 6.16. The second-order valence-electron chi connectivity index (χ2n) is 12.0. The summed E-state index contributed by atoms with van der Waals surface area (Å²) in [6.07, 6.45) is 10.5. The van der Waals surface area contributed by atoms with Crippen LogP contribution in [0.4, 0.5) is 0 Å². The summed E-state index contributed by atoms with van der Waals surface area (Å²) in [6.45, 7) is 0.592. The molecule has 0 aliphatic carbocycles. The molecule has 2 amide bonds. The van der Waals surface area contributed by atoms with E-state index in [0.717, 1.165) is 22.2 Å². The maximum Gasteiger partial charge on any atom is 0.244 e. The fourth-order valence-corrected chi connectivity index (χ4v) is 6.16. The van der Waals surface area contributed by atoms with Crippen molar-refractivity contribution in [2.75, 3.05) is 27.3 Å². The molecule has 12 nitrogen and oxygen atoms in total. The molecule has 0 fully saturated rings. The number of carbonyl (C=O) groups is 2. The molecule has 2 aromatic heterocycles. The number of ether oxygens (including phenoxy) is 2. The summed E-state index contributed by atoms with van der Waals surface area (Å²) in [5.74, 6) is -0.0403. The number of methoxy groups -OCH3 is 2. The van der Waals surface area contributed by atoms with Gasteiger partial charge < -0.3 is 50.5 Å². The van der Waals surface area contributed by atoms with E-state index in [0.29, 0.717) is 70.5 Å². The lowest BCUT2D eigenvalue weighted by atomic mass is 9.92. The molecule has 4 aromatic carbocycles. The molecule has 6 aromatic rings. The van der Waals surface area contributed by atoms with E-state index in [-0.39, 0.29) is 34.8 Å². The molecule has 6 rings (SSSR count). The molecule has 0 atom stereocenters. The van der Waals surface area contributed by atoms with E-state index in [2.05, 4.69) is 20.6 Å². The zero-order valence-corrected chi connectivity index (χ0v) is 28.5. The molecular formula is C40H38N4O8. The summed E-state index contributed by atoms with van der Waals surface area (Å²) in [4.78, 5) is 31.8. The first kappa shape index (κ1) is 35.0.